The predicted molar refractivity (Wildman–Crippen MR) is 159 cm³/mol. The van der Waals surface area contributed by atoms with Gasteiger partial charge in [-0.15, -0.1) is 0 Å². The molecular formula is C30H35N3O5SSi. The second-order valence-electron chi connectivity index (χ2n) is 10.7. The summed E-state index contributed by atoms with van der Waals surface area (Å²) in [5, 5.41) is 17.2. The minimum Gasteiger partial charge on any atom is -0.459 e. The Bertz CT molecular complexity index is 1260. The van der Waals surface area contributed by atoms with Crippen LogP contribution in [0.4, 0.5) is 0 Å². The average Bonchev–Trinajstić information content (AvgIpc) is 2.94. The van der Waals surface area contributed by atoms with Gasteiger partial charge in [0.15, 0.2) is 0 Å². The molecule has 1 N–H and O–H groups in total. The Morgan fingerprint density at radius 3 is 2.00 bits per heavy atom. The normalized spacial score (nSPS) is 23.2. The summed E-state index contributed by atoms with van der Waals surface area (Å²) in [5.41, 5.74) is 8.59. The van der Waals surface area contributed by atoms with Gasteiger partial charge in [-0.3, -0.25) is 4.79 Å². The number of rotatable bonds is 9. The van der Waals surface area contributed by atoms with Crippen LogP contribution in [0, 0.1) is 0 Å². The molecule has 0 unspecified atom stereocenters. The maximum atomic E-state index is 12.1. The van der Waals surface area contributed by atoms with Gasteiger partial charge < -0.3 is 19.0 Å². The van der Waals surface area contributed by atoms with Crippen LogP contribution in [0.15, 0.2) is 101 Å². The van der Waals surface area contributed by atoms with Crippen molar-refractivity contribution in [1.82, 2.24) is 0 Å². The molecule has 210 valence electrons. The Morgan fingerprint density at radius 2 is 1.52 bits per heavy atom. The van der Waals surface area contributed by atoms with Gasteiger partial charge in [0.2, 0.25) is 0 Å². The summed E-state index contributed by atoms with van der Waals surface area (Å²) in [6, 6.07) is 29.0. The molecule has 0 saturated carbocycles. The molecule has 1 fully saturated rings. The van der Waals surface area contributed by atoms with Gasteiger partial charge in [-0.05, 0) is 33.1 Å². The summed E-state index contributed by atoms with van der Waals surface area (Å²) in [6.07, 6.45) is -3.22. The zero-order chi connectivity index (χ0) is 28.8. The molecule has 0 aromatic heterocycles. The molecule has 5 atom stereocenters. The number of carbonyl (C=O) groups excluding carboxylic acids is 1. The Kier molecular flexibility index (Phi) is 9.73. The van der Waals surface area contributed by atoms with E-state index < -0.39 is 44.1 Å². The molecule has 4 rings (SSSR count). The summed E-state index contributed by atoms with van der Waals surface area (Å²) in [6.45, 7) is 7.82. The molecule has 1 aliphatic heterocycles. The van der Waals surface area contributed by atoms with Crippen molar-refractivity contribution in [2.75, 3.05) is 6.61 Å². The number of nitrogens with zero attached hydrogens (tertiary/aromatic N) is 3. The quantitative estimate of drug-likeness (QED) is 0.125. The SMILES string of the molecule is CC(=O)O[C@H]1[C@@H](O)[C@@H](CO[Si](c2ccccc2)(c2ccccc2)C(C)(C)C)O[C@@H](Sc2ccccc2)[C@@H]1N=[N+]=[N-]. The molecule has 40 heavy (non-hydrogen) atoms. The number of hydrogen-bond acceptors (Lipinski definition) is 7. The number of aliphatic hydroxyl groups excluding tert-OH is 1. The maximum Gasteiger partial charge on any atom is 0.303 e. The van der Waals surface area contributed by atoms with Gasteiger partial charge in [-0.2, -0.15) is 0 Å². The molecule has 0 amide bonds. The van der Waals surface area contributed by atoms with E-state index in [1.54, 1.807) is 0 Å². The highest BCUT2D eigenvalue weighted by Gasteiger charge is 2.53. The molecule has 3 aromatic carbocycles. The van der Waals surface area contributed by atoms with Crippen molar-refractivity contribution in [3.8, 4) is 0 Å². The fourth-order valence-electron chi connectivity index (χ4n) is 5.25. The number of thioether (sulfide) groups is 1. The van der Waals surface area contributed by atoms with Crippen molar-refractivity contribution < 1.29 is 23.8 Å². The molecule has 10 heteroatoms. The van der Waals surface area contributed by atoms with Crippen molar-refractivity contribution in [2.45, 2.75) is 67.4 Å². The number of aliphatic hydroxyl groups is 1. The Hall–Kier alpha value is -3.11. The van der Waals surface area contributed by atoms with Crippen molar-refractivity contribution in [1.29, 1.82) is 0 Å². The molecule has 0 radical (unpaired) electrons. The Morgan fingerprint density at radius 1 is 1.00 bits per heavy atom. The molecule has 0 bridgehead atoms. The summed E-state index contributed by atoms with van der Waals surface area (Å²) in [5.74, 6) is -0.584. The standard InChI is InChI=1S/C30H35N3O5SSi/c1-21(34)37-28-26(32-33-31)29(39-22-14-8-5-9-15-22)38-25(27(28)35)20-36-40(30(2,3)4,23-16-10-6-11-17-23)24-18-12-7-13-19-24/h5-19,25-29,35H,20H2,1-4H3/t25-,26-,27+,28-,29+/m1/s1. The lowest BCUT2D eigenvalue weighted by molar-refractivity contribution is -0.189. The first-order valence-electron chi connectivity index (χ1n) is 13.2. The smallest absolute Gasteiger partial charge is 0.303 e. The summed E-state index contributed by atoms with van der Waals surface area (Å²) in [7, 11) is -2.93. The van der Waals surface area contributed by atoms with E-state index in [-0.39, 0.29) is 11.6 Å². The van der Waals surface area contributed by atoms with Crippen LogP contribution in [-0.4, -0.2) is 55.8 Å². The van der Waals surface area contributed by atoms with Crippen LogP contribution >= 0.6 is 11.8 Å². The summed E-state index contributed by atoms with van der Waals surface area (Å²) < 4.78 is 19.0. The van der Waals surface area contributed by atoms with E-state index in [4.69, 9.17) is 13.9 Å². The van der Waals surface area contributed by atoms with Crippen LogP contribution in [0.2, 0.25) is 5.04 Å². The average molecular weight is 578 g/mol. The van der Waals surface area contributed by atoms with Crippen LogP contribution in [0.1, 0.15) is 27.7 Å². The van der Waals surface area contributed by atoms with E-state index in [1.165, 1.54) is 18.7 Å². The topological polar surface area (TPSA) is 114 Å². The highest BCUT2D eigenvalue weighted by atomic mass is 32.2. The molecule has 8 nitrogen and oxygen atoms in total. The van der Waals surface area contributed by atoms with Crippen LogP contribution in [-0.2, 0) is 18.7 Å². The second-order valence-corrected chi connectivity index (χ2v) is 16.2. The zero-order valence-corrected chi connectivity index (χ0v) is 24.9. The van der Waals surface area contributed by atoms with Gasteiger partial charge in [0.25, 0.3) is 8.32 Å². The van der Waals surface area contributed by atoms with Crippen LogP contribution in [0.25, 0.3) is 10.4 Å². The summed E-state index contributed by atoms with van der Waals surface area (Å²) in [4.78, 5) is 15.9. The van der Waals surface area contributed by atoms with Gasteiger partial charge in [0, 0.05) is 16.7 Å². The molecule has 3 aromatic rings. The number of esters is 1. The highest BCUT2D eigenvalue weighted by molar-refractivity contribution is 7.99. The van der Waals surface area contributed by atoms with Crippen LogP contribution < -0.4 is 10.4 Å². The lowest BCUT2D eigenvalue weighted by atomic mass is 9.98. The van der Waals surface area contributed by atoms with Crippen LogP contribution in [0.3, 0.4) is 0 Å². The molecule has 0 spiro atoms. The van der Waals surface area contributed by atoms with Crippen molar-refractivity contribution in [3.63, 3.8) is 0 Å². The number of azide groups is 1. The fraction of sp³-hybridized carbons (Fsp3) is 0.367. The van der Waals surface area contributed by atoms with Gasteiger partial charge in [-0.25, -0.2) is 0 Å². The van der Waals surface area contributed by atoms with Gasteiger partial charge in [0.1, 0.15) is 29.8 Å². The maximum absolute atomic E-state index is 12.1. The first kappa shape index (κ1) is 29.9. The van der Waals surface area contributed by atoms with Crippen molar-refractivity contribution in [3.05, 3.63) is 101 Å². The van der Waals surface area contributed by atoms with E-state index in [2.05, 4.69) is 55.1 Å². The monoisotopic (exact) mass is 577 g/mol. The number of carbonyl (C=O) groups is 1. The van der Waals surface area contributed by atoms with Gasteiger partial charge in [0.05, 0.1) is 6.61 Å². The Labute approximate surface area is 240 Å². The lowest BCUT2D eigenvalue weighted by Crippen LogP contribution is -2.68. The minimum absolute atomic E-state index is 0.0427. The third-order valence-electron chi connectivity index (χ3n) is 7.01. The van der Waals surface area contributed by atoms with Crippen molar-refractivity contribution in [2.24, 2.45) is 5.11 Å². The number of ether oxygens (including phenoxy) is 2. The molecule has 1 heterocycles. The molecular weight excluding hydrogens is 542 g/mol. The van der Waals surface area contributed by atoms with Gasteiger partial charge >= 0.3 is 5.97 Å². The molecule has 1 saturated heterocycles. The van der Waals surface area contributed by atoms with E-state index in [1.807, 2.05) is 66.7 Å². The fourth-order valence-corrected chi connectivity index (χ4v) is 10.9. The Balaban J connectivity index is 1.73. The van der Waals surface area contributed by atoms with E-state index in [0.717, 1.165) is 15.3 Å². The zero-order valence-electron chi connectivity index (χ0n) is 23.1. The lowest BCUT2D eigenvalue weighted by Gasteiger charge is -2.46. The first-order valence-corrected chi connectivity index (χ1v) is 16.0. The third-order valence-corrected chi connectivity index (χ3v) is 13.2. The molecule has 1 aliphatic rings. The molecule has 0 aliphatic carbocycles. The first-order chi connectivity index (χ1) is 19.2. The van der Waals surface area contributed by atoms with Crippen LogP contribution in [0.5, 0.6) is 0 Å². The van der Waals surface area contributed by atoms with E-state index >= 15 is 0 Å². The minimum atomic E-state index is -2.93. The summed E-state index contributed by atoms with van der Waals surface area (Å²) >= 11 is 1.35. The van der Waals surface area contributed by atoms with Crippen molar-refractivity contribution >= 4 is 36.4 Å². The van der Waals surface area contributed by atoms with E-state index in [9.17, 15) is 15.4 Å². The van der Waals surface area contributed by atoms with E-state index in [0.29, 0.717) is 0 Å². The largest absolute Gasteiger partial charge is 0.459 e. The second kappa shape index (κ2) is 13.0. The third kappa shape index (κ3) is 6.44. The highest BCUT2D eigenvalue weighted by Crippen LogP contribution is 2.39. The number of benzene rings is 3. The predicted octanol–water partition coefficient (Wildman–Crippen LogP) is 5.05. The van der Waals surface area contributed by atoms with Gasteiger partial charge in [-0.1, -0.05) is 117 Å². The number of hydrogen-bond donors (Lipinski definition) is 1.